The monoisotopic (exact) mass is 406 g/mol. The number of hydrogen-bond acceptors (Lipinski definition) is 4. The largest absolute Gasteiger partial charge is 0.391 e. The van der Waals surface area contributed by atoms with Gasteiger partial charge in [0.1, 0.15) is 10.3 Å². The van der Waals surface area contributed by atoms with Crippen molar-refractivity contribution in [2.75, 3.05) is 13.1 Å². The van der Waals surface area contributed by atoms with Gasteiger partial charge in [0.25, 0.3) is 0 Å². The highest BCUT2D eigenvalue weighted by atomic mass is 79.9. The summed E-state index contributed by atoms with van der Waals surface area (Å²) in [4.78, 5) is 19.2. The lowest BCUT2D eigenvalue weighted by atomic mass is 10.1. The third kappa shape index (κ3) is 3.99. The standard InChI is InChI=1S/C18H19BrN2O2S/c1-12-9-14(19)10-20-17(12)24-16(13-5-3-2-4-6-13)18(23)21-8-7-15(22)11-21/h2-6,9-10,15-16,22H,7-8,11H2,1H3/t15-,16?/m0/s1. The highest BCUT2D eigenvalue weighted by molar-refractivity contribution is 9.10. The first kappa shape index (κ1) is 17.5. The lowest BCUT2D eigenvalue weighted by Crippen LogP contribution is -2.33. The summed E-state index contributed by atoms with van der Waals surface area (Å²) in [5.74, 6) is 0.0341. The zero-order valence-corrected chi connectivity index (χ0v) is 15.8. The molecule has 0 bridgehead atoms. The van der Waals surface area contributed by atoms with Crippen molar-refractivity contribution in [3.8, 4) is 0 Å². The quantitative estimate of drug-likeness (QED) is 0.788. The third-order valence-corrected chi connectivity index (χ3v) is 5.82. The summed E-state index contributed by atoms with van der Waals surface area (Å²) in [6.45, 7) is 3.01. The smallest absolute Gasteiger partial charge is 0.240 e. The zero-order valence-electron chi connectivity index (χ0n) is 13.4. The van der Waals surface area contributed by atoms with E-state index in [1.165, 1.54) is 11.8 Å². The number of nitrogens with zero attached hydrogens (tertiary/aromatic N) is 2. The Morgan fingerprint density at radius 1 is 1.42 bits per heavy atom. The van der Waals surface area contributed by atoms with Gasteiger partial charge in [0.2, 0.25) is 5.91 Å². The molecule has 0 aliphatic carbocycles. The molecule has 1 aromatic heterocycles. The molecular weight excluding hydrogens is 388 g/mol. The minimum atomic E-state index is -0.414. The van der Waals surface area contributed by atoms with Crippen molar-refractivity contribution < 1.29 is 9.90 Å². The number of halogens is 1. The van der Waals surface area contributed by atoms with Gasteiger partial charge in [-0.25, -0.2) is 4.98 Å². The molecule has 0 saturated carbocycles. The second-order valence-corrected chi connectivity index (χ2v) is 7.92. The number of β-amino-alcohol motifs (C(OH)–C–C–N with tert-alkyl or cyclic N) is 1. The van der Waals surface area contributed by atoms with Crippen LogP contribution in [0.25, 0.3) is 0 Å². The van der Waals surface area contributed by atoms with Crippen molar-refractivity contribution in [1.82, 2.24) is 9.88 Å². The van der Waals surface area contributed by atoms with Gasteiger partial charge < -0.3 is 10.0 Å². The van der Waals surface area contributed by atoms with Crippen LogP contribution in [0, 0.1) is 6.92 Å². The second-order valence-electron chi connectivity index (χ2n) is 5.91. The minimum absolute atomic E-state index is 0.0341. The molecule has 1 unspecified atom stereocenters. The van der Waals surface area contributed by atoms with Crippen molar-refractivity contribution in [3.05, 3.63) is 58.2 Å². The van der Waals surface area contributed by atoms with E-state index in [2.05, 4.69) is 20.9 Å². The van der Waals surface area contributed by atoms with Crippen LogP contribution in [0.2, 0.25) is 0 Å². The summed E-state index contributed by atoms with van der Waals surface area (Å²) < 4.78 is 0.926. The van der Waals surface area contributed by atoms with E-state index in [9.17, 15) is 9.90 Å². The maximum atomic E-state index is 13.0. The maximum Gasteiger partial charge on any atom is 0.240 e. The number of carbonyl (C=O) groups excluding carboxylic acids is 1. The Balaban J connectivity index is 1.89. The molecule has 1 aromatic carbocycles. The van der Waals surface area contributed by atoms with Gasteiger partial charge in [-0.3, -0.25) is 4.79 Å². The highest BCUT2D eigenvalue weighted by Gasteiger charge is 2.32. The van der Waals surface area contributed by atoms with E-state index >= 15 is 0 Å². The van der Waals surface area contributed by atoms with Crippen molar-refractivity contribution in [2.45, 2.75) is 29.7 Å². The Morgan fingerprint density at radius 2 is 2.17 bits per heavy atom. The molecule has 2 aromatic rings. The average Bonchev–Trinajstić information content (AvgIpc) is 3.01. The van der Waals surface area contributed by atoms with Crippen LogP contribution in [0.3, 0.4) is 0 Å². The number of aryl methyl sites for hydroxylation is 1. The van der Waals surface area contributed by atoms with E-state index in [-0.39, 0.29) is 11.2 Å². The van der Waals surface area contributed by atoms with Crippen molar-refractivity contribution in [3.63, 3.8) is 0 Å². The Morgan fingerprint density at radius 3 is 2.79 bits per heavy atom. The van der Waals surface area contributed by atoms with Gasteiger partial charge in [0.15, 0.2) is 0 Å². The molecule has 1 aliphatic rings. The van der Waals surface area contributed by atoms with Crippen molar-refractivity contribution in [1.29, 1.82) is 0 Å². The summed E-state index contributed by atoms with van der Waals surface area (Å²) in [5, 5.41) is 10.2. The van der Waals surface area contributed by atoms with Crippen LogP contribution >= 0.6 is 27.7 Å². The van der Waals surface area contributed by atoms with Crippen LogP contribution in [0.15, 0.2) is 52.1 Å². The van der Waals surface area contributed by atoms with Gasteiger partial charge in [-0.05, 0) is 46.5 Å². The number of aliphatic hydroxyl groups excluding tert-OH is 1. The Kier molecular flexibility index (Phi) is 5.58. The Labute approximate surface area is 154 Å². The number of aliphatic hydroxyl groups is 1. The van der Waals surface area contributed by atoms with Crippen LogP contribution in [0.5, 0.6) is 0 Å². The Hall–Kier alpha value is -1.37. The number of pyridine rings is 1. The molecule has 126 valence electrons. The van der Waals surface area contributed by atoms with Gasteiger partial charge in [-0.1, -0.05) is 42.1 Å². The molecule has 3 rings (SSSR count). The topological polar surface area (TPSA) is 53.4 Å². The molecule has 1 N–H and O–H groups in total. The summed E-state index contributed by atoms with van der Waals surface area (Å²) in [5.41, 5.74) is 1.99. The molecule has 6 heteroatoms. The normalized spacial score (nSPS) is 18.6. The first-order valence-electron chi connectivity index (χ1n) is 7.85. The van der Waals surface area contributed by atoms with E-state index in [1.807, 2.05) is 43.3 Å². The van der Waals surface area contributed by atoms with E-state index in [4.69, 9.17) is 0 Å². The molecule has 0 radical (unpaired) electrons. The fourth-order valence-corrected chi connectivity index (χ4v) is 4.33. The van der Waals surface area contributed by atoms with Gasteiger partial charge in [-0.2, -0.15) is 0 Å². The number of hydrogen-bond donors (Lipinski definition) is 1. The zero-order chi connectivity index (χ0) is 17.1. The molecule has 24 heavy (non-hydrogen) atoms. The average molecular weight is 407 g/mol. The maximum absolute atomic E-state index is 13.0. The number of benzene rings is 1. The molecule has 1 saturated heterocycles. The predicted molar refractivity (Wildman–Crippen MR) is 98.9 cm³/mol. The van der Waals surface area contributed by atoms with Crippen molar-refractivity contribution >= 4 is 33.6 Å². The summed E-state index contributed by atoms with van der Waals surface area (Å²) in [6.07, 6.45) is 1.98. The molecular formula is C18H19BrN2O2S. The molecule has 1 fully saturated rings. The van der Waals surface area contributed by atoms with Crippen LogP contribution in [-0.4, -0.2) is 40.1 Å². The Bertz CT molecular complexity index is 726. The first-order chi connectivity index (χ1) is 11.5. The predicted octanol–water partition coefficient (Wildman–Crippen LogP) is 3.58. The number of carbonyl (C=O) groups is 1. The van der Waals surface area contributed by atoms with Crippen LogP contribution in [-0.2, 0) is 4.79 Å². The summed E-state index contributed by atoms with van der Waals surface area (Å²) in [7, 11) is 0. The SMILES string of the molecule is Cc1cc(Br)cnc1SC(C(=O)N1CC[C@H](O)C1)c1ccccc1. The lowest BCUT2D eigenvalue weighted by molar-refractivity contribution is -0.130. The summed E-state index contributed by atoms with van der Waals surface area (Å²) >= 11 is 4.89. The molecule has 0 spiro atoms. The summed E-state index contributed by atoms with van der Waals surface area (Å²) in [6, 6.07) is 11.8. The number of thioether (sulfide) groups is 1. The molecule has 2 atom stereocenters. The van der Waals surface area contributed by atoms with Crippen LogP contribution in [0.4, 0.5) is 0 Å². The van der Waals surface area contributed by atoms with Crippen molar-refractivity contribution in [2.24, 2.45) is 0 Å². The van der Waals surface area contributed by atoms with Gasteiger partial charge >= 0.3 is 0 Å². The van der Waals surface area contributed by atoms with E-state index in [0.29, 0.717) is 19.5 Å². The number of rotatable bonds is 4. The van der Waals surface area contributed by atoms with Crippen LogP contribution in [0.1, 0.15) is 22.8 Å². The number of likely N-dealkylation sites (tertiary alicyclic amines) is 1. The van der Waals surface area contributed by atoms with E-state index in [0.717, 1.165) is 20.6 Å². The van der Waals surface area contributed by atoms with Gasteiger partial charge in [-0.15, -0.1) is 0 Å². The lowest BCUT2D eigenvalue weighted by Gasteiger charge is -2.23. The number of aromatic nitrogens is 1. The van der Waals surface area contributed by atoms with Crippen LogP contribution < -0.4 is 0 Å². The van der Waals surface area contributed by atoms with E-state index in [1.54, 1.807) is 11.1 Å². The minimum Gasteiger partial charge on any atom is -0.391 e. The first-order valence-corrected chi connectivity index (χ1v) is 9.52. The number of amides is 1. The highest BCUT2D eigenvalue weighted by Crippen LogP contribution is 2.38. The second kappa shape index (κ2) is 7.68. The molecule has 4 nitrogen and oxygen atoms in total. The van der Waals surface area contributed by atoms with Gasteiger partial charge in [0.05, 0.1) is 6.10 Å². The molecule has 1 amide bonds. The fourth-order valence-electron chi connectivity index (χ4n) is 2.76. The van der Waals surface area contributed by atoms with Gasteiger partial charge in [0, 0.05) is 23.8 Å². The van der Waals surface area contributed by atoms with E-state index < -0.39 is 6.10 Å². The fraction of sp³-hybridized carbons (Fsp3) is 0.333. The molecule has 1 aliphatic heterocycles. The molecule has 2 heterocycles. The third-order valence-electron chi connectivity index (χ3n) is 4.03.